The Kier molecular flexibility index (Phi) is 6.66. The summed E-state index contributed by atoms with van der Waals surface area (Å²) in [4.78, 5) is 33.9. The Morgan fingerprint density at radius 2 is 2.07 bits per heavy atom. The third-order valence-electron chi connectivity index (χ3n) is 5.48. The van der Waals surface area contributed by atoms with E-state index >= 15 is 0 Å². The van der Waals surface area contributed by atoms with Crippen molar-refractivity contribution in [3.05, 3.63) is 33.8 Å². The summed E-state index contributed by atoms with van der Waals surface area (Å²) >= 11 is 0. The molecule has 1 aliphatic heterocycles. The Morgan fingerprint density at radius 1 is 1.33 bits per heavy atom. The highest BCUT2D eigenvalue weighted by Crippen LogP contribution is 2.25. The number of nitrogens with zero attached hydrogens (tertiary/aromatic N) is 2. The number of rotatable bonds is 6. The van der Waals surface area contributed by atoms with Crippen LogP contribution in [0.1, 0.15) is 37.4 Å². The molecule has 0 spiro atoms. The molecule has 1 saturated heterocycles. The molecule has 27 heavy (non-hydrogen) atoms. The van der Waals surface area contributed by atoms with Gasteiger partial charge in [0.15, 0.2) is 0 Å². The van der Waals surface area contributed by atoms with Gasteiger partial charge in [-0.05, 0) is 38.0 Å². The minimum Gasteiger partial charge on any atom is -0.465 e. The van der Waals surface area contributed by atoms with E-state index in [1.165, 1.54) is 0 Å². The summed E-state index contributed by atoms with van der Waals surface area (Å²) in [6, 6.07) is 0. The van der Waals surface area contributed by atoms with Crippen molar-refractivity contribution in [1.82, 2.24) is 9.97 Å². The lowest BCUT2D eigenvalue weighted by molar-refractivity contribution is -0.145. The predicted molar refractivity (Wildman–Crippen MR) is 103 cm³/mol. The number of morpholine rings is 1. The second-order valence-corrected chi connectivity index (χ2v) is 7.42. The number of nitrogens with one attached hydrogen (secondary N) is 1. The fourth-order valence-corrected chi connectivity index (χ4v) is 3.55. The summed E-state index contributed by atoms with van der Waals surface area (Å²) in [7, 11) is 0. The number of esters is 1. The number of carbonyl (C=O) groups excluding carboxylic acids is 1. The molecule has 7 heteroatoms. The molecule has 1 aromatic heterocycles. The molecule has 7 nitrogen and oxygen atoms in total. The largest absolute Gasteiger partial charge is 0.465 e. The highest BCUT2D eigenvalue weighted by Gasteiger charge is 2.21. The van der Waals surface area contributed by atoms with Crippen molar-refractivity contribution in [2.24, 2.45) is 11.8 Å². The summed E-state index contributed by atoms with van der Waals surface area (Å²) in [5.41, 5.74) is 1.04. The van der Waals surface area contributed by atoms with Gasteiger partial charge in [-0.25, -0.2) is 4.98 Å². The fraction of sp³-hybridized carbons (Fsp3) is 0.650. The van der Waals surface area contributed by atoms with Gasteiger partial charge in [-0.2, -0.15) is 0 Å². The van der Waals surface area contributed by atoms with Gasteiger partial charge in [-0.1, -0.05) is 19.1 Å². The molecule has 1 N–H and O–H groups in total. The van der Waals surface area contributed by atoms with E-state index in [1.54, 1.807) is 0 Å². The number of allylic oxidation sites excluding steroid dienone is 2. The molecule has 0 radical (unpaired) electrons. The van der Waals surface area contributed by atoms with Crippen LogP contribution >= 0.6 is 0 Å². The fourth-order valence-electron chi connectivity index (χ4n) is 3.55. The standard InChI is InChI=1S/C20H29N3O4/c1-14-5-3-4-6-16(14)13-27-18(24)8-7-17-15(2)21-20(22-19(17)25)23-9-11-26-12-10-23/h3-4,14,16H,5-13H2,1-2H3,(H,21,22,25). The molecular weight excluding hydrogens is 346 g/mol. The van der Waals surface area contributed by atoms with Gasteiger partial charge in [-0.15, -0.1) is 0 Å². The molecule has 0 saturated carbocycles. The maximum atomic E-state index is 12.5. The first-order chi connectivity index (χ1) is 13.0. The second-order valence-electron chi connectivity index (χ2n) is 7.42. The lowest BCUT2D eigenvalue weighted by Gasteiger charge is -2.27. The Morgan fingerprint density at radius 3 is 2.78 bits per heavy atom. The average Bonchev–Trinajstić information content (AvgIpc) is 2.67. The van der Waals surface area contributed by atoms with Gasteiger partial charge < -0.3 is 14.4 Å². The van der Waals surface area contributed by atoms with E-state index in [2.05, 4.69) is 29.0 Å². The third kappa shape index (κ3) is 5.19. The molecule has 1 aromatic rings. The smallest absolute Gasteiger partial charge is 0.306 e. The van der Waals surface area contributed by atoms with E-state index in [9.17, 15) is 9.59 Å². The monoisotopic (exact) mass is 375 g/mol. The summed E-state index contributed by atoms with van der Waals surface area (Å²) in [5.74, 6) is 1.24. The van der Waals surface area contributed by atoms with Crippen molar-refractivity contribution in [2.45, 2.75) is 39.5 Å². The molecule has 2 unspecified atom stereocenters. The Labute approximate surface area is 159 Å². The van der Waals surface area contributed by atoms with Crippen molar-refractivity contribution in [1.29, 1.82) is 0 Å². The van der Waals surface area contributed by atoms with E-state index in [-0.39, 0.29) is 17.9 Å². The number of aryl methyl sites for hydroxylation is 1. The van der Waals surface area contributed by atoms with E-state index in [0.29, 0.717) is 68.4 Å². The zero-order valence-electron chi connectivity index (χ0n) is 16.2. The summed E-state index contributed by atoms with van der Waals surface area (Å²) in [5, 5.41) is 0. The van der Waals surface area contributed by atoms with Crippen LogP contribution < -0.4 is 10.5 Å². The van der Waals surface area contributed by atoms with Gasteiger partial charge in [-0.3, -0.25) is 14.6 Å². The van der Waals surface area contributed by atoms with Crippen molar-refractivity contribution in [3.8, 4) is 0 Å². The molecule has 1 fully saturated rings. The summed E-state index contributed by atoms with van der Waals surface area (Å²) in [6.45, 7) is 7.14. The number of anilines is 1. The van der Waals surface area contributed by atoms with E-state index in [4.69, 9.17) is 9.47 Å². The first kappa shape index (κ1) is 19.6. The van der Waals surface area contributed by atoms with Gasteiger partial charge in [0, 0.05) is 30.8 Å². The molecule has 0 bridgehead atoms. The first-order valence-corrected chi connectivity index (χ1v) is 9.77. The molecule has 148 valence electrons. The topological polar surface area (TPSA) is 84.5 Å². The zero-order chi connectivity index (χ0) is 19.2. The van der Waals surface area contributed by atoms with E-state index in [0.717, 1.165) is 12.8 Å². The van der Waals surface area contributed by atoms with Gasteiger partial charge in [0.2, 0.25) is 5.95 Å². The van der Waals surface area contributed by atoms with Crippen LogP contribution in [0.4, 0.5) is 5.95 Å². The highest BCUT2D eigenvalue weighted by atomic mass is 16.5. The molecule has 3 rings (SSSR count). The van der Waals surface area contributed by atoms with Crippen LogP contribution in [0.2, 0.25) is 0 Å². The van der Waals surface area contributed by atoms with Crippen molar-refractivity contribution >= 4 is 11.9 Å². The minimum absolute atomic E-state index is 0.178. The summed E-state index contributed by atoms with van der Waals surface area (Å²) in [6.07, 6.45) is 6.88. The van der Waals surface area contributed by atoms with Crippen LogP contribution in [0.5, 0.6) is 0 Å². The SMILES string of the molecule is Cc1nc(N2CCOCC2)[nH]c(=O)c1CCC(=O)OCC1CC=CCC1C. The third-order valence-corrected chi connectivity index (χ3v) is 5.48. The first-order valence-electron chi connectivity index (χ1n) is 9.77. The normalized spacial score (nSPS) is 22.7. The predicted octanol–water partition coefficient (Wildman–Crippen LogP) is 1.99. The maximum Gasteiger partial charge on any atom is 0.306 e. The average molecular weight is 375 g/mol. The van der Waals surface area contributed by atoms with Crippen LogP contribution in [0.25, 0.3) is 0 Å². The number of hydrogen-bond acceptors (Lipinski definition) is 6. The van der Waals surface area contributed by atoms with Crippen molar-refractivity contribution in [3.63, 3.8) is 0 Å². The molecule has 2 heterocycles. The van der Waals surface area contributed by atoms with Crippen LogP contribution in [0, 0.1) is 18.8 Å². The number of ether oxygens (including phenoxy) is 2. The quantitative estimate of drug-likeness (QED) is 0.605. The molecule has 1 aliphatic carbocycles. The molecule has 2 aliphatic rings. The highest BCUT2D eigenvalue weighted by molar-refractivity contribution is 5.69. The number of aromatic nitrogens is 2. The molecule has 2 atom stereocenters. The maximum absolute atomic E-state index is 12.5. The van der Waals surface area contributed by atoms with Crippen LogP contribution in [-0.4, -0.2) is 48.8 Å². The minimum atomic E-state index is -0.257. The van der Waals surface area contributed by atoms with Gasteiger partial charge in [0.25, 0.3) is 5.56 Å². The lowest BCUT2D eigenvalue weighted by Crippen LogP contribution is -2.38. The second kappa shape index (κ2) is 9.17. The zero-order valence-corrected chi connectivity index (χ0v) is 16.2. The van der Waals surface area contributed by atoms with Crippen LogP contribution in [0.15, 0.2) is 16.9 Å². The van der Waals surface area contributed by atoms with Gasteiger partial charge >= 0.3 is 5.97 Å². The number of hydrogen-bond donors (Lipinski definition) is 1. The van der Waals surface area contributed by atoms with Crippen molar-refractivity contribution < 1.29 is 14.3 Å². The Hall–Kier alpha value is -2.15. The van der Waals surface area contributed by atoms with E-state index < -0.39 is 0 Å². The van der Waals surface area contributed by atoms with E-state index in [1.807, 2.05) is 11.8 Å². The van der Waals surface area contributed by atoms with Gasteiger partial charge in [0.1, 0.15) is 0 Å². The van der Waals surface area contributed by atoms with Crippen LogP contribution in [-0.2, 0) is 20.7 Å². The molecule has 0 amide bonds. The summed E-state index contributed by atoms with van der Waals surface area (Å²) < 4.78 is 10.8. The molecular formula is C20H29N3O4. The number of carbonyl (C=O) groups is 1. The Balaban J connectivity index is 1.53. The lowest BCUT2D eigenvalue weighted by atomic mass is 9.85. The van der Waals surface area contributed by atoms with Gasteiger partial charge in [0.05, 0.1) is 19.8 Å². The van der Waals surface area contributed by atoms with Crippen LogP contribution in [0.3, 0.4) is 0 Å². The van der Waals surface area contributed by atoms with Crippen molar-refractivity contribution in [2.75, 3.05) is 37.8 Å². The number of H-pyrrole nitrogens is 1. The number of aromatic amines is 1. The Bertz CT molecular complexity index is 737. The molecule has 0 aromatic carbocycles.